The second kappa shape index (κ2) is 8.48. The van der Waals surface area contributed by atoms with Gasteiger partial charge in [-0.25, -0.2) is 33.4 Å². The zero-order chi connectivity index (χ0) is 26.0. The van der Waals surface area contributed by atoms with Crippen molar-refractivity contribution in [2.75, 3.05) is 11.9 Å². The van der Waals surface area contributed by atoms with Crippen LogP contribution in [0.25, 0.3) is 38.4 Å². The van der Waals surface area contributed by atoms with Gasteiger partial charge in [-0.15, -0.1) is 11.3 Å². The molecule has 1 aliphatic rings. The number of anilines is 1. The molecular formula is C26H18F2N8OS. The molecule has 9 nitrogen and oxygen atoms in total. The molecule has 188 valence electrons. The van der Waals surface area contributed by atoms with Crippen molar-refractivity contribution < 1.29 is 8.78 Å². The van der Waals surface area contributed by atoms with Crippen molar-refractivity contribution in [3.63, 3.8) is 0 Å². The van der Waals surface area contributed by atoms with Gasteiger partial charge >= 0.3 is 0 Å². The SMILES string of the molecule is Cc1nc2c(s1)-c1nn(Cc3nc4ccc(F)cn4c(=O)c3-c3cccc(F)c3)c3ncnc(c13)NCC2. The fourth-order valence-electron chi connectivity index (χ4n) is 4.88. The average molecular weight is 529 g/mol. The first-order chi connectivity index (χ1) is 18.5. The van der Waals surface area contributed by atoms with E-state index in [0.717, 1.165) is 38.0 Å². The van der Waals surface area contributed by atoms with Gasteiger partial charge in [0.05, 0.1) is 38.8 Å². The minimum atomic E-state index is -0.583. The van der Waals surface area contributed by atoms with Gasteiger partial charge in [0.1, 0.15) is 35.1 Å². The van der Waals surface area contributed by atoms with Gasteiger partial charge in [-0.3, -0.25) is 9.20 Å². The molecular weight excluding hydrogens is 510 g/mol. The van der Waals surface area contributed by atoms with Gasteiger partial charge in [-0.05, 0) is 36.8 Å². The number of aromatic nitrogens is 7. The van der Waals surface area contributed by atoms with Crippen LogP contribution in [0.5, 0.6) is 0 Å². The molecule has 1 aromatic carbocycles. The van der Waals surface area contributed by atoms with Crippen LogP contribution in [0.3, 0.4) is 0 Å². The Hall–Kier alpha value is -4.58. The zero-order valence-electron chi connectivity index (χ0n) is 19.9. The van der Waals surface area contributed by atoms with Crippen molar-refractivity contribution in [1.29, 1.82) is 0 Å². The highest BCUT2D eigenvalue weighted by Crippen LogP contribution is 2.38. The van der Waals surface area contributed by atoms with Crippen LogP contribution in [0.2, 0.25) is 0 Å². The summed E-state index contributed by atoms with van der Waals surface area (Å²) in [6.45, 7) is 2.69. The molecule has 0 radical (unpaired) electrons. The third kappa shape index (κ3) is 3.56. The standard InChI is InChI=1S/C26H18F2N8OS/c1-13-32-17-7-8-29-24-21-22(23(17)38-13)34-36(25(21)31-12-30-24)11-18-20(14-3-2-4-15(27)9-14)26(37)35-10-16(28)5-6-19(35)33-18/h2-6,9-10,12H,7-8,11H2,1H3,(H,29,30,31). The Balaban J connectivity index is 1.48. The number of hydrogen-bond acceptors (Lipinski definition) is 8. The largest absolute Gasteiger partial charge is 0.369 e. The van der Waals surface area contributed by atoms with Gasteiger partial charge in [-0.2, -0.15) is 5.10 Å². The molecule has 0 unspecified atom stereocenters. The molecule has 0 atom stereocenters. The van der Waals surface area contributed by atoms with Gasteiger partial charge < -0.3 is 5.32 Å². The van der Waals surface area contributed by atoms with E-state index in [9.17, 15) is 13.6 Å². The van der Waals surface area contributed by atoms with E-state index < -0.39 is 17.2 Å². The maximum Gasteiger partial charge on any atom is 0.266 e. The number of thiazole rings is 1. The van der Waals surface area contributed by atoms with E-state index >= 15 is 0 Å². The number of fused-ring (bicyclic) bond motifs is 3. The van der Waals surface area contributed by atoms with Gasteiger partial charge in [0.15, 0.2) is 5.65 Å². The molecule has 5 aromatic heterocycles. The molecule has 6 heterocycles. The summed E-state index contributed by atoms with van der Waals surface area (Å²) in [5, 5.41) is 9.95. The Morgan fingerprint density at radius 2 is 2.00 bits per heavy atom. The number of pyridine rings is 1. The Bertz CT molecular complexity index is 1960. The van der Waals surface area contributed by atoms with Crippen molar-refractivity contribution in [3.8, 4) is 21.7 Å². The lowest BCUT2D eigenvalue weighted by atomic mass is 10.0. The maximum absolute atomic E-state index is 14.2. The van der Waals surface area contributed by atoms with Crippen LogP contribution in [0.4, 0.5) is 14.6 Å². The van der Waals surface area contributed by atoms with Crippen molar-refractivity contribution >= 4 is 33.8 Å². The number of hydrogen-bond donors (Lipinski definition) is 1. The molecule has 38 heavy (non-hydrogen) atoms. The molecule has 0 saturated heterocycles. The predicted octanol–water partition coefficient (Wildman–Crippen LogP) is 4.23. The Morgan fingerprint density at radius 1 is 1.11 bits per heavy atom. The summed E-state index contributed by atoms with van der Waals surface area (Å²) in [6, 6.07) is 8.37. The first kappa shape index (κ1) is 22.6. The van der Waals surface area contributed by atoms with Crippen LogP contribution in [0.1, 0.15) is 16.4 Å². The molecule has 0 fully saturated rings. The summed E-state index contributed by atoms with van der Waals surface area (Å²) in [5.41, 5.74) is 2.81. The molecule has 1 aliphatic heterocycles. The van der Waals surface area contributed by atoms with Crippen LogP contribution in [-0.2, 0) is 13.0 Å². The minimum Gasteiger partial charge on any atom is -0.369 e. The summed E-state index contributed by atoms with van der Waals surface area (Å²) in [5.74, 6) is -0.417. The molecule has 0 bridgehead atoms. The van der Waals surface area contributed by atoms with E-state index in [2.05, 4.69) is 25.3 Å². The van der Waals surface area contributed by atoms with Crippen molar-refractivity contribution in [2.45, 2.75) is 19.9 Å². The molecule has 1 N–H and O–H groups in total. The van der Waals surface area contributed by atoms with Crippen LogP contribution < -0.4 is 10.9 Å². The Labute approximate surface area is 217 Å². The lowest BCUT2D eigenvalue weighted by molar-refractivity contribution is 0.616. The zero-order valence-corrected chi connectivity index (χ0v) is 20.8. The first-order valence-corrected chi connectivity index (χ1v) is 12.7. The number of aryl methyl sites for hydroxylation is 1. The second-order valence-electron chi connectivity index (χ2n) is 8.94. The minimum absolute atomic E-state index is 0.0645. The summed E-state index contributed by atoms with van der Waals surface area (Å²) in [7, 11) is 0. The van der Waals surface area contributed by atoms with E-state index in [1.165, 1.54) is 36.7 Å². The van der Waals surface area contributed by atoms with Crippen molar-refractivity contribution in [1.82, 2.24) is 34.1 Å². The second-order valence-corrected chi connectivity index (χ2v) is 10.1. The van der Waals surface area contributed by atoms with Gasteiger partial charge in [0.2, 0.25) is 0 Å². The lowest BCUT2D eigenvalue weighted by Gasteiger charge is -2.12. The predicted molar refractivity (Wildman–Crippen MR) is 139 cm³/mol. The van der Waals surface area contributed by atoms with Crippen LogP contribution >= 0.6 is 11.3 Å². The highest BCUT2D eigenvalue weighted by atomic mass is 32.1. The van der Waals surface area contributed by atoms with E-state index in [1.54, 1.807) is 22.1 Å². The quantitative estimate of drug-likeness (QED) is 0.367. The smallest absolute Gasteiger partial charge is 0.266 e. The summed E-state index contributed by atoms with van der Waals surface area (Å²) < 4.78 is 31.0. The van der Waals surface area contributed by atoms with Crippen LogP contribution in [-0.4, -0.2) is 40.7 Å². The third-order valence-corrected chi connectivity index (χ3v) is 7.50. The molecule has 7 rings (SSSR count). The number of nitrogens with zero attached hydrogens (tertiary/aromatic N) is 7. The number of rotatable bonds is 3. The lowest BCUT2D eigenvalue weighted by Crippen LogP contribution is -2.22. The van der Waals surface area contributed by atoms with Gasteiger partial charge in [0.25, 0.3) is 5.56 Å². The van der Waals surface area contributed by atoms with Crippen molar-refractivity contribution in [2.24, 2.45) is 0 Å². The summed E-state index contributed by atoms with van der Waals surface area (Å²) in [4.78, 5) is 32.9. The van der Waals surface area contributed by atoms with E-state index in [-0.39, 0.29) is 17.8 Å². The maximum atomic E-state index is 14.2. The van der Waals surface area contributed by atoms with E-state index in [1.807, 2.05) is 6.92 Å². The molecule has 6 aromatic rings. The monoisotopic (exact) mass is 528 g/mol. The Morgan fingerprint density at radius 3 is 2.87 bits per heavy atom. The first-order valence-electron chi connectivity index (χ1n) is 11.8. The van der Waals surface area contributed by atoms with Gasteiger partial charge in [-0.1, -0.05) is 12.1 Å². The highest BCUT2D eigenvalue weighted by Gasteiger charge is 2.26. The summed E-state index contributed by atoms with van der Waals surface area (Å²) >= 11 is 1.56. The van der Waals surface area contributed by atoms with Crippen LogP contribution in [0, 0.1) is 18.6 Å². The molecule has 0 spiro atoms. The Kier molecular flexibility index (Phi) is 5.05. The number of nitrogens with one attached hydrogen (secondary N) is 1. The third-order valence-electron chi connectivity index (χ3n) is 6.48. The van der Waals surface area contributed by atoms with Crippen molar-refractivity contribution in [3.05, 3.63) is 87.3 Å². The highest BCUT2D eigenvalue weighted by molar-refractivity contribution is 7.15. The molecule has 0 amide bonds. The molecule has 0 aliphatic carbocycles. The summed E-state index contributed by atoms with van der Waals surface area (Å²) in [6.07, 6.45) is 3.26. The van der Waals surface area contributed by atoms with Crippen LogP contribution in [0.15, 0.2) is 53.7 Å². The van der Waals surface area contributed by atoms with Gasteiger partial charge in [0, 0.05) is 19.2 Å². The topological polar surface area (TPSA) is 103 Å². The number of benzene rings is 1. The molecule has 0 saturated carbocycles. The normalized spacial score (nSPS) is 12.8. The fraction of sp³-hybridized carbons (Fsp3) is 0.154. The fourth-order valence-corrected chi connectivity index (χ4v) is 5.84. The number of halogens is 2. The van der Waals surface area contributed by atoms with E-state index in [0.29, 0.717) is 35.0 Å². The molecule has 12 heteroatoms. The average Bonchev–Trinajstić information content (AvgIpc) is 3.44. The van der Waals surface area contributed by atoms with E-state index in [4.69, 9.17) is 5.10 Å².